The molecule has 0 aromatic heterocycles. The molecule has 0 aromatic carbocycles. The van der Waals surface area contributed by atoms with E-state index in [0.29, 0.717) is 11.2 Å². The van der Waals surface area contributed by atoms with Crippen LogP contribution in [0.5, 0.6) is 0 Å². The predicted molar refractivity (Wildman–Crippen MR) is 71.1 cm³/mol. The van der Waals surface area contributed by atoms with Crippen molar-refractivity contribution in [3.63, 3.8) is 0 Å². The standard InChI is InChI=1S/C14H25NO/c1-11(10-15)6-7-13(16)12(2)8-9-14(3,4)5/h6-7,10,16H,8-9,15H2,1-5H3/b7-6-,11-10-,13-12-. The molecular formula is C14H25NO. The molecule has 0 heterocycles. The molecule has 0 aliphatic carbocycles. The highest BCUT2D eigenvalue weighted by Crippen LogP contribution is 2.24. The van der Waals surface area contributed by atoms with Crippen molar-refractivity contribution in [2.45, 2.75) is 47.5 Å². The van der Waals surface area contributed by atoms with Crippen LogP contribution in [0.1, 0.15) is 47.5 Å². The first-order valence-electron chi connectivity index (χ1n) is 5.71. The number of aliphatic hydroxyl groups excluding tert-OH is 1. The third-order valence-corrected chi connectivity index (χ3v) is 2.45. The summed E-state index contributed by atoms with van der Waals surface area (Å²) >= 11 is 0. The number of aliphatic hydroxyl groups is 1. The number of allylic oxidation sites excluding steroid dienone is 4. The molecule has 0 amide bonds. The summed E-state index contributed by atoms with van der Waals surface area (Å²) in [5.74, 6) is 0.352. The Hall–Kier alpha value is -1.18. The van der Waals surface area contributed by atoms with Crippen molar-refractivity contribution in [3.8, 4) is 0 Å². The zero-order chi connectivity index (χ0) is 12.8. The van der Waals surface area contributed by atoms with Crippen molar-refractivity contribution in [1.29, 1.82) is 0 Å². The van der Waals surface area contributed by atoms with E-state index >= 15 is 0 Å². The first kappa shape index (κ1) is 14.8. The first-order valence-corrected chi connectivity index (χ1v) is 5.71. The lowest BCUT2D eigenvalue weighted by Crippen LogP contribution is -2.04. The van der Waals surface area contributed by atoms with Crippen LogP contribution in [0.25, 0.3) is 0 Å². The van der Waals surface area contributed by atoms with Crippen LogP contribution in [0, 0.1) is 5.41 Å². The third-order valence-electron chi connectivity index (χ3n) is 2.45. The largest absolute Gasteiger partial charge is 0.508 e. The average Bonchev–Trinajstić information content (AvgIpc) is 2.20. The van der Waals surface area contributed by atoms with E-state index < -0.39 is 0 Å². The quantitative estimate of drug-likeness (QED) is 0.557. The molecule has 0 atom stereocenters. The minimum atomic E-state index is 0.304. The summed E-state index contributed by atoms with van der Waals surface area (Å²) in [7, 11) is 0. The Balaban J connectivity index is 4.42. The fourth-order valence-corrected chi connectivity index (χ4v) is 1.10. The van der Waals surface area contributed by atoms with E-state index in [1.54, 1.807) is 6.08 Å². The van der Waals surface area contributed by atoms with Gasteiger partial charge in [-0.05, 0) is 55.5 Å². The molecule has 0 aromatic rings. The fourth-order valence-electron chi connectivity index (χ4n) is 1.10. The Labute approximate surface area is 99.5 Å². The topological polar surface area (TPSA) is 46.2 Å². The van der Waals surface area contributed by atoms with Crippen molar-refractivity contribution in [2.75, 3.05) is 0 Å². The lowest BCUT2D eigenvalue weighted by molar-refractivity contribution is 0.368. The van der Waals surface area contributed by atoms with Crippen molar-refractivity contribution < 1.29 is 5.11 Å². The molecule has 0 unspecified atom stereocenters. The van der Waals surface area contributed by atoms with Gasteiger partial charge in [0.15, 0.2) is 0 Å². The van der Waals surface area contributed by atoms with Crippen LogP contribution in [-0.4, -0.2) is 5.11 Å². The summed E-state index contributed by atoms with van der Waals surface area (Å²) in [6, 6.07) is 0. The molecule has 92 valence electrons. The molecule has 0 aliphatic heterocycles. The Morgan fingerprint density at radius 3 is 2.19 bits per heavy atom. The minimum absolute atomic E-state index is 0.304. The molecule has 0 rings (SSSR count). The van der Waals surface area contributed by atoms with Gasteiger partial charge in [-0.3, -0.25) is 0 Å². The van der Waals surface area contributed by atoms with Gasteiger partial charge < -0.3 is 10.8 Å². The molecule has 0 saturated carbocycles. The second-order valence-corrected chi connectivity index (χ2v) is 5.47. The van der Waals surface area contributed by atoms with Crippen LogP contribution in [-0.2, 0) is 0 Å². The number of rotatable bonds is 4. The number of hydrogen-bond donors (Lipinski definition) is 2. The van der Waals surface area contributed by atoms with Gasteiger partial charge in [0.05, 0.1) is 0 Å². The van der Waals surface area contributed by atoms with Gasteiger partial charge in [0.1, 0.15) is 5.76 Å². The van der Waals surface area contributed by atoms with Crippen molar-refractivity contribution in [1.82, 2.24) is 0 Å². The zero-order valence-corrected chi connectivity index (χ0v) is 11.2. The maximum atomic E-state index is 9.78. The summed E-state index contributed by atoms with van der Waals surface area (Å²) in [5.41, 5.74) is 7.61. The van der Waals surface area contributed by atoms with E-state index in [9.17, 15) is 5.11 Å². The molecule has 0 bridgehead atoms. The Kier molecular flexibility index (Phi) is 5.94. The second-order valence-electron chi connectivity index (χ2n) is 5.47. The molecule has 0 radical (unpaired) electrons. The predicted octanol–water partition coefficient (Wildman–Crippen LogP) is 4.06. The van der Waals surface area contributed by atoms with Crippen molar-refractivity contribution in [3.05, 3.63) is 35.3 Å². The fraction of sp³-hybridized carbons (Fsp3) is 0.571. The molecule has 2 heteroatoms. The first-order chi connectivity index (χ1) is 7.26. The van der Waals surface area contributed by atoms with Gasteiger partial charge in [0.2, 0.25) is 0 Å². The highest BCUT2D eigenvalue weighted by Gasteiger charge is 2.10. The van der Waals surface area contributed by atoms with Gasteiger partial charge in [0.25, 0.3) is 0 Å². The summed E-state index contributed by atoms with van der Waals surface area (Å²) in [5, 5.41) is 9.78. The molecule has 0 saturated heterocycles. The van der Waals surface area contributed by atoms with Crippen LogP contribution < -0.4 is 5.73 Å². The highest BCUT2D eigenvalue weighted by molar-refractivity contribution is 5.25. The van der Waals surface area contributed by atoms with E-state index in [0.717, 1.165) is 24.0 Å². The van der Waals surface area contributed by atoms with Gasteiger partial charge >= 0.3 is 0 Å². The molecule has 0 spiro atoms. The maximum absolute atomic E-state index is 9.78. The average molecular weight is 223 g/mol. The van der Waals surface area contributed by atoms with Gasteiger partial charge in [-0.1, -0.05) is 26.8 Å². The highest BCUT2D eigenvalue weighted by atomic mass is 16.3. The maximum Gasteiger partial charge on any atom is 0.114 e. The molecule has 16 heavy (non-hydrogen) atoms. The van der Waals surface area contributed by atoms with E-state index in [-0.39, 0.29) is 0 Å². The summed E-state index contributed by atoms with van der Waals surface area (Å²) in [6.45, 7) is 10.5. The van der Waals surface area contributed by atoms with E-state index in [1.165, 1.54) is 6.20 Å². The van der Waals surface area contributed by atoms with E-state index in [2.05, 4.69) is 20.8 Å². The number of hydrogen-bond acceptors (Lipinski definition) is 2. The molecule has 0 fully saturated rings. The van der Waals surface area contributed by atoms with Crippen LogP contribution in [0.4, 0.5) is 0 Å². The normalized spacial score (nSPS) is 15.4. The lowest BCUT2D eigenvalue weighted by atomic mass is 9.88. The molecule has 3 N–H and O–H groups in total. The number of nitrogens with two attached hydrogens (primary N) is 1. The molecule has 0 aliphatic rings. The van der Waals surface area contributed by atoms with Gasteiger partial charge in [0, 0.05) is 0 Å². The zero-order valence-electron chi connectivity index (χ0n) is 11.2. The summed E-state index contributed by atoms with van der Waals surface area (Å²) in [6.07, 6.45) is 7.04. The lowest BCUT2D eigenvalue weighted by Gasteiger charge is -2.18. The molecule has 2 nitrogen and oxygen atoms in total. The van der Waals surface area contributed by atoms with Crippen molar-refractivity contribution >= 4 is 0 Å². The van der Waals surface area contributed by atoms with Crippen LogP contribution in [0.15, 0.2) is 35.3 Å². The van der Waals surface area contributed by atoms with E-state index in [1.807, 2.05) is 19.9 Å². The van der Waals surface area contributed by atoms with E-state index in [4.69, 9.17) is 5.73 Å². The molecular weight excluding hydrogens is 198 g/mol. The minimum Gasteiger partial charge on any atom is -0.508 e. The van der Waals surface area contributed by atoms with Gasteiger partial charge in [-0.15, -0.1) is 0 Å². The third kappa shape index (κ3) is 7.16. The van der Waals surface area contributed by atoms with Crippen LogP contribution >= 0.6 is 0 Å². The van der Waals surface area contributed by atoms with Crippen molar-refractivity contribution in [2.24, 2.45) is 11.1 Å². The van der Waals surface area contributed by atoms with Gasteiger partial charge in [-0.2, -0.15) is 0 Å². The summed E-state index contributed by atoms with van der Waals surface area (Å²) < 4.78 is 0. The van der Waals surface area contributed by atoms with Crippen LogP contribution in [0.2, 0.25) is 0 Å². The SMILES string of the molecule is CC(/C=C\C(O)=C(/C)CCC(C)(C)C)=C/N. The monoisotopic (exact) mass is 223 g/mol. The second kappa shape index (κ2) is 6.41. The smallest absolute Gasteiger partial charge is 0.114 e. The van der Waals surface area contributed by atoms with Gasteiger partial charge in [-0.25, -0.2) is 0 Å². The van der Waals surface area contributed by atoms with Crippen LogP contribution in [0.3, 0.4) is 0 Å². The Bertz CT molecular complexity index is 303. The Morgan fingerprint density at radius 1 is 1.19 bits per heavy atom. The summed E-state index contributed by atoms with van der Waals surface area (Å²) in [4.78, 5) is 0. The Morgan fingerprint density at radius 2 is 1.75 bits per heavy atom.